The highest BCUT2D eigenvalue weighted by Crippen LogP contribution is 2.33. The molecule has 0 saturated carbocycles. The molecule has 0 saturated heterocycles. The van der Waals surface area contributed by atoms with Gasteiger partial charge in [0, 0.05) is 10.1 Å². The smallest absolute Gasteiger partial charge is 0.349 e. The van der Waals surface area contributed by atoms with Crippen molar-refractivity contribution in [3.63, 3.8) is 0 Å². The molecule has 0 radical (unpaired) electrons. The standard InChI is InChI=1S/C14H13FN2O4S/c1-6-10-8(15)4-3-5-9(10)22-11(6)13(19)21-7(2)12(18)17-14(16)20/h3-5,7H,1-2H3,(H3,16,17,18,20)/t7-/m1/s1. The van der Waals surface area contributed by atoms with Crippen LogP contribution in [0.4, 0.5) is 9.18 Å². The lowest BCUT2D eigenvalue weighted by Gasteiger charge is -2.11. The highest BCUT2D eigenvalue weighted by atomic mass is 32.1. The van der Waals surface area contributed by atoms with Crippen molar-refractivity contribution in [2.75, 3.05) is 0 Å². The van der Waals surface area contributed by atoms with Crippen molar-refractivity contribution in [3.8, 4) is 0 Å². The number of amides is 3. The van der Waals surface area contributed by atoms with E-state index >= 15 is 0 Å². The maximum absolute atomic E-state index is 13.8. The maximum atomic E-state index is 13.8. The zero-order valence-electron chi connectivity index (χ0n) is 11.8. The van der Waals surface area contributed by atoms with Crippen LogP contribution < -0.4 is 11.1 Å². The van der Waals surface area contributed by atoms with Crippen LogP contribution in [0.5, 0.6) is 0 Å². The van der Waals surface area contributed by atoms with Crippen molar-refractivity contribution in [2.45, 2.75) is 20.0 Å². The van der Waals surface area contributed by atoms with E-state index in [0.29, 0.717) is 15.6 Å². The predicted octanol–water partition coefficient (Wildman–Crippen LogP) is 2.09. The molecule has 0 bridgehead atoms. The number of nitrogens with two attached hydrogens (primary N) is 1. The van der Waals surface area contributed by atoms with E-state index in [0.717, 1.165) is 11.3 Å². The molecule has 0 spiro atoms. The Labute approximate surface area is 129 Å². The molecule has 0 aliphatic heterocycles. The molecule has 2 aromatic rings. The Hall–Kier alpha value is -2.48. The van der Waals surface area contributed by atoms with E-state index in [9.17, 15) is 18.8 Å². The Kier molecular flexibility index (Phi) is 4.41. The van der Waals surface area contributed by atoms with Gasteiger partial charge >= 0.3 is 12.0 Å². The van der Waals surface area contributed by atoms with Gasteiger partial charge < -0.3 is 10.5 Å². The van der Waals surface area contributed by atoms with Gasteiger partial charge in [0.2, 0.25) is 0 Å². The highest BCUT2D eigenvalue weighted by molar-refractivity contribution is 7.21. The van der Waals surface area contributed by atoms with Crippen LogP contribution in [0.2, 0.25) is 0 Å². The normalized spacial score (nSPS) is 12.0. The molecular formula is C14H13FN2O4S. The third kappa shape index (κ3) is 3.06. The number of halogens is 1. The van der Waals surface area contributed by atoms with Gasteiger partial charge in [0.05, 0.1) is 0 Å². The molecule has 0 unspecified atom stereocenters. The van der Waals surface area contributed by atoms with Crippen LogP contribution in [-0.4, -0.2) is 24.0 Å². The lowest BCUT2D eigenvalue weighted by atomic mass is 10.1. The third-order valence-corrected chi connectivity index (χ3v) is 4.22. The van der Waals surface area contributed by atoms with Gasteiger partial charge in [-0.15, -0.1) is 11.3 Å². The predicted molar refractivity (Wildman–Crippen MR) is 79.1 cm³/mol. The Bertz CT molecular complexity index is 772. The maximum Gasteiger partial charge on any atom is 0.349 e. The number of hydrogen-bond acceptors (Lipinski definition) is 5. The summed E-state index contributed by atoms with van der Waals surface area (Å²) >= 11 is 1.08. The lowest BCUT2D eigenvalue weighted by molar-refractivity contribution is -0.127. The molecule has 1 heterocycles. The van der Waals surface area contributed by atoms with E-state index in [4.69, 9.17) is 10.5 Å². The van der Waals surface area contributed by atoms with Crippen LogP contribution in [0.15, 0.2) is 18.2 Å². The first kappa shape index (κ1) is 15.9. The van der Waals surface area contributed by atoms with Crippen molar-refractivity contribution in [2.24, 2.45) is 5.73 Å². The molecule has 1 atom stereocenters. The van der Waals surface area contributed by atoms with Crippen molar-refractivity contribution in [3.05, 3.63) is 34.5 Å². The van der Waals surface area contributed by atoms with Crippen molar-refractivity contribution in [1.82, 2.24) is 5.32 Å². The van der Waals surface area contributed by atoms with Crippen molar-refractivity contribution in [1.29, 1.82) is 0 Å². The van der Waals surface area contributed by atoms with Crippen LogP contribution in [0, 0.1) is 12.7 Å². The number of imide groups is 1. The minimum absolute atomic E-state index is 0.207. The van der Waals surface area contributed by atoms with Gasteiger partial charge in [0.15, 0.2) is 6.10 Å². The number of esters is 1. The number of carbonyl (C=O) groups is 3. The molecular weight excluding hydrogens is 311 g/mol. The summed E-state index contributed by atoms with van der Waals surface area (Å²) in [5.41, 5.74) is 5.26. The topological polar surface area (TPSA) is 98.5 Å². The number of urea groups is 1. The zero-order chi connectivity index (χ0) is 16.4. The number of rotatable bonds is 3. The van der Waals surface area contributed by atoms with Crippen LogP contribution >= 0.6 is 11.3 Å². The molecule has 116 valence electrons. The van der Waals surface area contributed by atoms with Gasteiger partial charge in [-0.2, -0.15) is 0 Å². The molecule has 6 nitrogen and oxygen atoms in total. The summed E-state index contributed by atoms with van der Waals surface area (Å²) < 4.78 is 19.4. The number of thiophene rings is 1. The summed E-state index contributed by atoms with van der Waals surface area (Å²) in [6.45, 7) is 2.91. The van der Waals surface area contributed by atoms with Crippen molar-refractivity contribution >= 4 is 39.3 Å². The van der Waals surface area contributed by atoms with Crippen LogP contribution in [0.1, 0.15) is 22.2 Å². The fourth-order valence-electron chi connectivity index (χ4n) is 1.94. The first-order valence-corrected chi connectivity index (χ1v) is 7.11. The molecule has 3 amide bonds. The molecule has 1 aromatic carbocycles. The summed E-state index contributed by atoms with van der Waals surface area (Å²) in [6.07, 6.45) is -1.20. The summed E-state index contributed by atoms with van der Waals surface area (Å²) in [4.78, 5) is 34.4. The number of aryl methyl sites for hydroxylation is 1. The first-order valence-electron chi connectivity index (χ1n) is 6.30. The molecule has 22 heavy (non-hydrogen) atoms. The second-order valence-electron chi connectivity index (χ2n) is 4.57. The lowest BCUT2D eigenvalue weighted by Crippen LogP contribution is -2.42. The number of primary amides is 1. The summed E-state index contributed by atoms with van der Waals surface area (Å²) in [5.74, 6) is -2.01. The highest BCUT2D eigenvalue weighted by Gasteiger charge is 2.24. The second-order valence-corrected chi connectivity index (χ2v) is 5.62. The molecule has 1 aromatic heterocycles. The van der Waals surface area contributed by atoms with Gasteiger partial charge in [-0.1, -0.05) is 6.07 Å². The summed E-state index contributed by atoms with van der Waals surface area (Å²) in [7, 11) is 0. The van der Waals surface area contributed by atoms with Crippen LogP contribution in [0.25, 0.3) is 10.1 Å². The fourth-order valence-corrected chi connectivity index (χ4v) is 3.04. The van der Waals surface area contributed by atoms with Crippen molar-refractivity contribution < 1.29 is 23.5 Å². The van der Waals surface area contributed by atoms with Crippen LogP contribution in [-0.2, 0) is 9.53 Å². The van der Waals surface area contributed by atoms with Gasteiger partial charge in [0.1, 0.15) is 10.7 Å². The van der Waals surface area contributed by atoms with E-state index < -0.39 is 29.8 Å². The first-order chi connectivity index (χ1) is 10.3. The number of ether oxygens (including phenoxy) is 1. The number of carbonyl (C=O) groups excluding carboxylic acids is 3. The minimum Gasteiger partial charge on any atom is -0.448 e. The fraction of sp³-hybridized carbons (Fsp3) is 0.214. The average molecular weight is 324 g/mol. The molecule has 0 fully saturated rings. The van der Waals surface area contributed by atoms with E-state index in [2.05, 4.69) is 0 Å². The van der Waals surface area contributed by atoms with E-state index in [1.165, 1.54) is 13.0 Å². The quantitative estimate of drug-likeness (QED) is 0.845. The monoisotopic (exact) mass is 324 g/mol. The molecule has 0 aliphatic rings. The largest absolute Gasteiger partial charge is 0.448 e. The Morgan fingerprint density at radius 2 is 2.05 bits per heavy atom. The molecule has 0 aliphatic carbocycles. The minimum atomic E-state index is -1.20. The van der Waals surface area contributed by atoms with Gasteiger partial charge in [-0.05, 0) is 31.5 Å². The van der Waals surface area contributed by atoms with Gasteiger partial charge in [0.25, 0.3) is 5.91 Å². The van der Waals surface area contributed by atoms with Gasteiger partial charge in [-0.25, -0.2) is 14.0 Å². The average Bonchev–Trinajstić information content (AvgIpc) is 2.76. The number of hydrogen-bond donors (Lipinski definition) is 2. The SMILES string of the molecule is Cc1c(C(=O)O[C@H](C)C(=O)NC(N)=O)sc2cccc(F)c12. The molecule has 3 N–H and O–H groups in total. The molecule has 8 heteroatoms. The summed E-state index contributed by atoms with van der Waals surface area (Å²) in [5, 5.41) is 2.17. The molecule has 2 rings (SSSR count). The van der Waals surface area contributed by atoms with E-state index in [1.807, 2.05) is 5.32 Å². The van der Waals surface area contributed by atoms with E-state index in [-0.39, 0.29) is 4.88 Å². The Morgan fingerprint density at radius 1 is 1.36 bits per heavy atom. The van der Waals surface area contributed by atoms with Gasteiger partial charge in [-0.3, -0.25) is 10.1 Å². The Balaban J connectivity index is 2.23. The number of nitrogens with one attached hydrogen (secondary N) is 1. The second kappa shape index (κ2) is 6.10. The van der Waals surface area contributed by atoms with Crippen LogP contribution in [0.3, 0.4) is 0 Å². The number of benzene rings is 1. The Morgan fingerprint density at radius 3 is 2.64 bits per heavy atom. The summed E-state index contributed by atoms with van der Waals surface area (Å²) in [6, 6.07) is 3.51. The van der Waals surface area contributed by atoms with E-state index in [1.54, 1.807) is 19.1 Å². The number of fused-ring (bicyclic) bond motifs is 1. The third-order valence-electron chi connectivity index (χ3n) is 2.99. The zero-order valence-corrected chi connectivity index (χ0v) is 12.6.